The van der Waals surface area contributed by atoms with Crippen molar-refractivity contribution in [2.75, 3.05) is 5.73 Å². The molecule has 3 N–H and O–H groups in total. The Morgan fingerprint density at radius 1 is 1.46 bits per heavy atom. The largest absolute Gasteiger partial charge is 0.397 e. The van der Waals surface area contributed by atoms with Crippen molar-refractivity contribution in [2.45, 2.75) is 13.8 Å². The van der Waals surface area contributed by atoms with Gasteiger partial charge < -0.3 is 10.7 Å². The number of imidazole rings is 1. The van der Waals surface area contributed by atoms with Crippen molar-refractivity contribution in [1.29, 1.82) is 0 Å². The van der Waals surface area contributed by atoms with E-state index in [4.69, 9.17) is 17.3 Å². The summed E-state index contributed by atoms with van der Waals surface area (Å²) in [6.07, 6.45) is 0. The third kappa shape index (κ3) is 1.16. The molecule has 0 unspecified atom stereocenters. The highest BCUT2D eigenvalue weighted by Gasteiger charge is 2.09. The minimum atomic E-state index is 0.557. The van der Waals surface area contributed by atoms with Gasteiger partial charge in [0.15, 0.2) is 0 Å². The van der Waals surface area contributed by atoms with Gasteiger partial charge in [-0.25, -0.2) is 4.98 Å². The molecule has 0 spiro atoms. The molecule has 0 bridgehead atoms. The topological polar surface area (TPSA) is 54.7 Å². The van der Waals surface area contributed by atoms with Gasteiger partial charge in [0.25, 0.3) is 0 Å². The Bertz CT molecular complexity index is 473. The molecule has 0 saturated carbocycles. The Kier molecular flexibility index (Phi) is 1.70. The molecule has 0 amide bonds. The molecule has 3 nitrogen and oxygen atoms in total. The highest BCUT2D eigenvalue weighted by atomic mass is 35.5. The number of benzene rings is 1. The summed E-state index contributed by atoms with van der Waals surface area (Å²) in [6, 6.07) is 1.84. The molecule has 2 aromatic rings. The first kappa shape index (κ1) is 8.38. The molecule has 0 aliphatic carbocycles. The van der Waals surface area contributed by atoms with E-state index in [1.807, 2.05) is 19.9 Å². The van der Waals surface area contributed by atoms with E-state index >= 15 is 0 Å². The van der Waals surface area contributed by atoms with E-state index in [1.165, 1.54) is 0 Å². The second kappa shape index (κ2) is 2.64. The SMILES string of the molecule is Cc1nc2c(C)cc(N)c(Cl)c2[nH]1. The Morgan fingerprint density at radius 3 is 2.85 bits per heavy atom. The van der Waals surface area contributed by atoms with Crippen molar-refractivity contribution in [3.8, 4) is 0 Å². The molecule has 13 heavy (non-hydrogen) atoms. The highest BCUT2D eigenvalue weighted by molar-refractivity contribution is 6.37. The number of hydrogen-bond donors (Lipinski definition) is 2. The zero-order valence-corrected chi connectivity index (χ0v) is 8.24. The van der Waals surface area contributed by atoms with Gasteiger partial charge in [-0.2, -0.15) is 0 Å². The van der Waals surface area contributed by atoms with Crippen molar-refractivity contribution in [1.82, 2.24) is 9.97 Å². The van der Waals surface area contributed by atoms with Gasteiger partial charge in [0.2, 0.25) is 0 Å². The summed E-state index contributed by atoms with van der Waals surface area (Å²) in [7, 11) is 0. The maximum Gasteiger partial charge on any atom is 0.104 e. The number of nitrogens with two attached hydrogens (primary N) is 1. The van der Waals surface area contributed by atoms with Crippen LogP contribution in [0.4, 0.5) is 5.69 Å². The number of halogens is 1. The predicted molar refractivity (Wildman–Crippen MR) is 55.0 cm³/mol. The number of hydrogen-bond acceptors (Lipinski definition) is 2. The minimum absolute atomic E-state index is 0.557. The van der Waals surface area contributed by atoms with Crippen molar-refractivity contribution < 1.29 is 0 Å². The molecule has 1 heterocycles. The molecule has 0 radical (unpaired) electrons. The van der Waals surface area contributed by atoms with Crippen LogP contribution in [0.3, 0.4) is 0 Å². The molecular formula is C9H10ClN3. The summed E-state index contributed by atoms with van der Waals surface area (Å²) < 4.78 is 0. The Hall–Kier alpha value is -1.22. The number of H-pyrrole nitrogens is 1. The number of nitrogens with zero attached hydrogens (tertiary/aromatic N) is 1. The number of aromatic amines is 1. The zero-order chi connectivity index (χ0) is 9.59. The quantitative estimate of drug-likeness (QED) is 0.635. The van der Waals surface area contributed by atoms with Crippen LogP contribution < -0.4 is 5.73 Å². The lowest BCUT2D eigenvalue weighted by Gasteiger charge is -2.00. The van der Waals surface area contributed by atoms with E-state index in [0.29, 0.717) is 10.7 Å². The third-order valence-electron chi connectivity index (χ3n) is 2.04. The number of aromatic nitrogens is 2. The Morgan fingerprint density at radius 2 is 2.15 bits per heavy atom. The monoisotopic (exact) mass is 195 g/mol. The van der Waals surface area contributed by atoms with Gasteiger partial charge in [-0.1, -0.05) is 11.6 Å². The molecule has 4 heteroatoms. The smallest absolute Gasteiger partial charge is 0.104 e. The maximum atomic E-state index is 6.02. The number of anilines is 1. The normalized spacial score (nSPS) is 11.0. The Balaban J connectivity index is 2.95. The fourth-order valence-corrected chi connectivity index (χ4v) is 1.64. The molecule has 0 aliphatic rings. The number of fused-ring (bicyclic) bond motifs is 1. The van der Waals surface area contributed by atoms with Crippen LogP contribution in [-0.4, -0.2) is 9.97 Å². The van der Waals surface area contributed by atoms with Gasteiger partial charge in [-0.15, -0.1) is 0 Å². The second-order valence-electron chi connectivity index (χ2n) is 3.14. The Labute approximate surface area is 80.9 Å². The van der Waals surface area contributed by atoms with E-state index in [9.17, 15) is 0 Å². The van der Waals surface area contributed by atoms with Crippen molar-refractivity contribution in [3.05, 3.63) is 22.5 Å². The van der Waals surface area contributed by atoms with Crippen molar-refractivity contribution in [2.24, 2.45) is 0 Å². The van der Waals surface area contributed by atoms with Gasteiger partial charge in [0.1, 0.15) is 5.82 Å². The van der Waals surface area contributed by atoms with Gasteiger partial charge >= 0.3 is 0 Å². The molecule has 2 rings (SSSR count). The summed E-state index contributed by atoms with van der Waals surface area (Å²) in [5, 5.41) is 0.557. The van der Waals surface area contributed by atoms with E-state index in [1.54, 1.807) is 0 Å². The summed E-state index contributed by atoms with van der Waals surface area (Å²) in [5.74, 6) is 0.852. The molecule has 0 fully saturated rings. The second-order valence-corrected chi connectivity index (χ2v) is 3.52. The summed E-state index contributed by atoms with van der Waals surface area (Å²) in [5.41, 5.74) is 9.08. The van der Waals surface area contributed by atoms with Crippen LogP contribution in [-0.2, 0) is 0 Å². The number of nitrogens with one attached hydrogen (secondary N) is 1. The van der Waals surface area contributed by atoms with Crippen LogP contribution in [0, 0.1) is 13.8 Å². The average molecular weight is 196 g/mol. The zero-order valence-electron chi connectivity index (χ0n) is 7.48. The molecule has 1 aromatic carbocycles. The predicted octanol–water partition coefficient (Wildman–Crippen LogP) is 2.42. The summed E-state index contributed by atoms with van der Waals surface area (Å²) in [6.45, 7) is 3.86. The third-order valence-corrected chi connectivity index (χ3v) is 2.45. The first-order chi connectivity index (χ1) is 6.09. The molecule has 0 aliphatic heterocycles. The summed E-state index contributed by atoms with van der Waals surface area (Å²) >= 11 is 6.02. The van der Waals surface area contributed by atoms with Crippen molar-refractivity contribution >= 4 is 28.3 Å². The van der Waals surface area contributed by atoms with Crippen molar-refractivity contribution in [3.63, 3.8) is 0 Å². The molecule has 68 valence electrons. The van der Waals surface area contributed by atoms with Crippen LogP contribution in [0.2, 0.25) is 5.02 Å². The number of rotatable bonds is 0. The first-order valence-electron chi connectivity index (χ1n) is 4.00. The standard InChI is InChI=1S/C9H10ClN3/c1-4-3-6(11)7(10)9-8(4)12-5(2)13-9/h3H,11H2,1-2H3,(H,12,13). The van der Waals surface area contributed by atoms with Crippen LogP contribution in [0.1, 0.15) is 11.4 Å². The number of aryl methyl sites for hydroxylation is 2. The van der Waals surface area contributed by atoms with E-state index in [0.717, 1.165) is 22.4 Å². The van der Waals surface area contributed by atoms with E-state index in [-0.39, 0.29) is 0 Å². The van der Waals surface area contributed by atoms with E-state index < -0.39 is 0 Å². The average Bonchev–Trinajstić information content (AvgIpc) is 2.44. The van der Waals surface area contributed by atoms with Gasteiger partial charge in [0.05, 0.1) is 21.7 Å². The lowest BCUT2D eigenvalue weighted by molar-refractivity contribution is 1.17. The minimum Gasteiger partial charge on any atom is -0.397 e. The van der Waals surface area contributed by atoms with Gasteiger partial charge in [0, 0.05) is 0 Å². The first-order valence-corrected chi connectivity index (χ1v) is 4.38. The lowest BCUT2D eigenvalue weighted by Crippen LogP contribution is -1.89. The molecule has 1 aromatic heterocycles. The molecule has 0 saturated heterocycles. The summed E-state index contributed by atoms with van der Waals surface area (Å²) in [4.78, 5) is 7.40. The highest BCUT2D eigenvalue weighted by Crippen LogP contribution is 2.29. The van der Waals surface area contributed by atoms with Gasteiger partial charge in [-0.3, -0.25) is 0 Å². The van der Waals surface area contributed by atoms with Crippen LogP contribution >= 0.6 is 11.6 Å². The van der Waals surface area contributed by atoms with Gasteiger partial charge in [-0.05, 0) is 25.5 Å². The molecule has 0 atom stereocenters. The lowest BCUT2D eigenvalue weighted by atomic mass is 10.2. The number of nitrogen functional groups attached to an aromatic ring is 1. The maximum absolute atomic E-state index is 6.02. The van der Waals surface area contributed by atoms with Crippen LogP contribution in [0.15, 0.2) is 6.07 Å². The molecular weight excluding hydrogens is 186 g/mol. The van der Waals surface area contributed by atoms with Crippen LogP contribution in [0.5, 0.6) is 0 Å². The van der Waals surface area contributed by atoms with Crippen LogP contribution in [0.25, 0.3) is 11.0 Å². The fourth-order valence-electron chi connectivity index (χ4n) is 1.45. The fraction of sp³-hybridized carbons (Fsp3) is 0.222. The van der Waals surface area contributed by atoms with E-state index in [2.05, 4.69) is 9.97 Å².